The van der Waals surface area contributed by atoms with E-state index in [0.717, 1.165) is 0 Å². The average molecular weight is 423 g/mol. The first-order chi connectivity index (χ1) is 14.9. The number of carbonyl (C=O) groups is 3. The van der Waals surface area contributed by atoms with Gasteiger partial charge in [-0.1, -0.05) is 6.07 Å². The van der Waals surface area contributed by atoms with Crippen LogP contribution in [0, 0.1) is 6.92 Å². The zero-order valence-corrected chi connectivity index (χ0v) is 16.8. The van der Waals surface area contributed by atoms with Gasteiger partial charge in [-0.15, -0.1) is 0 Å². The van der Waals surface area contributed by atoms with E-state index in [4.69, 9.17) is 0 Å². The SMILES string of the molecule is Cc1nc(C2CCN(C(=O)c3cnc[nH]3)CCN2C(=O)c2cccc(C(=O)O)c2)n[nH]1. The van der Waals surface area contributed by atoms with E-state index < -0.39 is 12.0 Å². The summed E-state index contributed by atoms with van der Waals surface area (Å²) in [6, 6.07) is 5.43. The lowest BCUT2D eigenvalue weighted by Gasteiger charge is -2.27. The number of nitrogens with one attached hydrogen (secondary N) is 2. The Labute approximate surface area is 177 Å². The number of benzene rings is 1. The minimum Gasteiger partial charge on any atom is -0.478 e. The van der Waals surface area contributed by atoms with Crippen molar-refractivity contribution in [2.75, 3.05) is 19.6 Å². The van der Waals surface area contributed by atoms with E-state index in [2.05, 4.69) is 25.1 Å². The van der Waals surface area contributed by atoms with E-state index in [0.29, 0.717) is 36.9 Å². The van der Waals surface area contributed by atoms with Crippen LogP contribution in [0.25, 0.3) is 0 Å². The number of hydrogen-bond acceptors (Lipinski definition) is 6. The van der Waals surface area contributed by atoms with E-state index in [1.165, 1.54) is 30.7 Å². The third kappa shape index (κ3) is 4.15. The van der Waals surface area contributed by atoms with Crippen LogP contribution in [0.3, 0.4) is 0 Å². The van der Waals surface area contributed by atoms with Crippen molar-refractivity contribution in [2.45, 2.75) is 19.4 Å². The molecular formula is C20H21N7O4. The normalized spacial score (nSPS) is 16.7. The van der Waals surface area contributed by atoms with Crippen LogP contribution in [-0.2, 0) is 0 Å². The number of nitrogens with zero attached hydrogens (tertiary/aromatic N) is 5. The number of aryl methyl sites for hydroxylation is 1. The van der Waals surface area contributed by atoms with Gasteiger partial charge in [-0.3, -0.25) is 14.7 Å². The van der Waals surface area contributed by atoms with E-state index in [1.54, 1.807) is 22.8 Å². The molecule has 0 bridgehead atoms. The fourth-order valence-corrected chi connectivity index (χ4v) is 3.65. The molecule has 0 radical (unpaired) electrons. The maximum atomic E-state index is 13.4. The van der Waals surface area contributed by atoms with Crippen molar-refractivity contribution in [1.82, 2.24) is 34.9 Å². The molecule has 1 aliphatic heterocycles. The van der Waals surface area contributed by atoms with Gasteiger partial charge < -0.3 is 19.9 Å². The summed E-state index contributed by atoms with van der Waals surface area (Å²) in [4.78, 5) is 51.8. The molecule has 1 fully saturated rings. The Bertz CT molecular complexity index is 1110. The maximum Gasteiger partial charge on any atom is 0.335 e. The van der Waals surface area contributed by atoms with Gasteiger partial charge >= 0.3 is 5.97 Å². The monoisotopic (exact) mass is 423 g/mol. The van der Waals surface area contributed by atoms with E-state index in [1.807, 2.05) is 0 Å². The number of carboxylic acid groups (broad SMARTS) is 1. The van der Waals surface area contributed by atoms with Gasteiger partial charge in [0.05, 0.1) is 24.1 Å². The van der Waals surface area contributed by atoms with Crippen LogP contribution in [0.4, 0.5) is 0 Å². The van der Waals surface area contributed by atoms with Crippen LogP contribution in [0.1, 0.15) is 55.3 Å². The minimum absolute atomic E-state index is 0.0296. The molecule has 2 aromatic heterocycles. The third-order valence-electron chi connectivity index (χ3n) is 5.21. The molecule has 2 amide bonds. The van der Waals surface area contributed by atoms with Crippen LogP contribution in [0.5, 0.6) is 0 Å². The Kier molecular flexibility index (Phi) is 5.48. The van der Waals surface area contributed by atoms with Gasteiger partial charge in [0.2, 0.25) is 0 Å². The summed E-state index contributed by atoms with van der Waals surface area (Å²) in [5.74, 6) is -0.583. The number of rotatable bonds is 4. The quantitative estimate of drug-likeness (QED) is 0.572. The molecule has 160 valence electrons. The van der Waals surface area contributed by atoms with Crippen LogP contribution >= 0.6 is 0 Å². The molecule has 1 aliphatic rings. The smallest absolute Gasteiger partial charge is 0.335 e. The Morgan fingerprint density at radius 1 is 1.13 bits per heavy atom. The van der Waals surface area contributed by atoms with Crippen LogP contribution in [0.2, 0.25) is 0 Å². The van der Waals surface area contributed by atoms with E-state index >= 15 is 0 Å². The number of carbonyl (C=O) groups excluding carboxylic acids is 2. The van der Waals surface area contributed by atoms with Gasteiger partial charge in [0.25, 0.3) is 11.8 Å². The zero-order valence-electron chi connectivity index (χ0n) is 16.8. The summed E-state index contributed by atoms with van der Waals surface area (Å²) in [6.07, 6.45) is 3.33. The second-order valence-electron chi connectivity index (χ2n) is 7.23. The van der Waals surface area contributed by atoms with Gasteiger partial charge in [0, 0.05) is 25.2 Å². The Hall–Kier alpha value is -4.02. The molecule has 0 spiro atoms. The number of hydrogen-bond donors (Lipinski definition) is 3. The van der Waals surface area contributed by atoms with Crippen molar-refractivity contribution >= 4 is 17.8 Å². The molecule has 0 aliphatic carbocycles. The van der Waals surface area contributed by atoms with Gasteiger partial charge in [0.1, 0.15) is 11.5 Å². The number of H-pyrrole nitrogens is 2. The molecule has 1 atom stereocenters. The average Bonchev–Trinajstić information content (AvgIpc) is 3.40. The minimum atomic E-state index is -1.11. The Balaban J connectivity index is 1.64. The Morgan fingerprint density at radius 3 is 2.61 bits per heavy atom. The highest BCUT2D eigenvalue weighted by molar-refractivity contribution is 5.98. The number of carboxylic acids is 1. The molecule has 11 heteroatoms. The molecule has 3 N–H and O–H groups in total. The lowest BCUT2D eigenvalue weighted by Crippen LogP contribution is -2.38. The molecule has 1 aromatic carbocycles. The third-order valence-corrected chi connectivity index (χ3v) is 5.21. The molecule has 1 unspecified atom stereocenters. The summed E-state index contributed by atoms with van der Waals surface area (Å²) < 4.78 is 0. The van der Waals surface area contributed by atoms with Crippen LogP contribution < -0.4 is 0 Å². The second-order valence-corrected chi connectivity index (χ2v) is 7.23. The molecule has 3 aromatic rings. The van der Waals surface area contributed by atoms with Gasteiger partial charge in [-0.25, -0.2) is 14.8 Å². The topological polar surface area (TPSA) is 148 Å². The van der Waals surface area contributed by atoms with E-state index in [-0.39, 0.29) is 29.5 Å². The number of aromatic nitrogens is 5. The predicted molar refractivity (Wildman–Crippen MR) is 107 cm³/mol. The van der Waals surface area contributed by atoms with Crippen LogP contribution in [-0.4, -0.2) is 77.5 Å². The van der Waals surface area contributed by atoms with Crippen molar-refractivity contribution in [1.29, 1.82) is 0 Å². The van der Waals surface area contributed by atoms with Gasteiger partial charge in [0.15, 0.2) is 5.82 Å². The molecule has 31 heavy (non-hydrogen) atoms. The van der Waals surface area contributed by atoms with Crippen molar-refractivity contribution in [3.8, 4) is 0 Å². The number of amides is 2. The van der Waals surface area contributed by atoms with Crippen molar-refractivity contribution in [2.24, 2.45) is 0 Å². The highest BCUT2D eigenvalue weighted by atomic mass is 16.4. The van der Waals surface area contributed by atoms with Crippen molar-refractivity contribution < 1.29 is 19.5 Å². The number of imidazole rings is 1. The van der Waals surface area contributed by atoms with Gasteiger partial charge in [-0.2, -0.15) is 5.10 Å². The fourth-order valence-electron chi connectivity index (χ4n) is 3.65. The molecule has 1 saturated heterocycles. The standard InChI is InChI=1S/C20H21N7O4/c1-12-23-17(25-24-12)16-5-6-26(19(29)15-10-21-11-22-15)7-8-27(16)18(28)13-3-2-4-14(9-13)20(30)31/h2-4,9-11,16H,5-8H2,1H3,(H,21,22)(H,30,31)(H,23,24,25). The summed E-state index contributed by atoms with van der Waals surface area (Å²) in [5.41, 5.74) is 0.659. The van der Waals surface area contributed by atoms with Crippen molar-refractivity contribution in [3.63, 3.8) is 0 Å². The molecule has 0 saturated carbocycles. The summed E-state index contributed by atoms with van der Waals surface area (Å²) in [6.45, 7) is 2.72. The van der Waals surface area contributed by atoms with E-state index in [9.17, 15) is 19.5 Å². The number of aromatic amines is 2. The molecule has 4 rings (SSSR count). The summed E-state index contributed by atoms with van der Waals surface area (Å²) >= 11 is 0. The number of aromatic carboxylic acids is 1. The second kappa shape index (κ2) is 8.38. The predicted octanol–water partition coefficient (Wildman–Crippen LogP) is 1.26. The Morgan fingerprint density at radius 2 is 1.94 bits per heavy atom. The first-order valence-corrected chi connectivity index (χ1v) is 9.75. The zero-order chi connectivity index (χ0) is 22.0. The van der Waals surface area contributed by atoms with Crippen molar-refractivity contribution in [3.05, 3.63) is 65.3 Å². The fraction of sp³-hybridized carbons (Fsp3) is 0.300. The first-order valence-electron chi connectivity index (χ1n) is 9.75. The largest absolute Gasteiger partial charge is 0.478 e. The lowest BCUT2D eigenvalue weighted by atomic mass is 10.1. The summed E-state index contributed by atoms with van der Waals surface area (Å²) in [5, 5.41) is 16.3. The highest BCUT2D eigenvalue weighted by Gasteiger charge is 2.34. The first kappa shape index (κ1) is 20.3. The lowest BCUT2D eigenvalue weighted by molar-refractivity contribution is 0.0663. The molecular weight excluding hydrogens is 402 g/mol. The highest BCUT2D eigenvalue weighted by Crippen LogP contribution is 2.27. The van der Waals surface area contributed by atoms with Crippen LogP contribution in [0.15, 0.2) is 36.8 Å². The maximum absolute atomic E-state index is 13.4. The molecule has 11 nitrogen and oxygen atoms in total. The van der Waals surface area contributed by atoms with Gasteiger partial charge in [-0.05, 0) is 31.5 Å². The molecule has 3 heterocycles. The summed E-state index contributed by atoms with van der Waals surface area (Å²) in [7, 11) is 0.